The Bertz CT molecular complexity index is 1220. The number of benzene rings is 2. The molecule has 1 aliphatic carbocycles. The molecule has 1 unspecified atom stereocenters. The van der Waals surface area contributed by atoms with Crippen molar-refractivity contribution < 1.29 is 28.2 Å². The lowest BCUT2D eigenvalue weighted by Crippen LogP contribution is -2.38. The summed E-state index contributed by atoms with van der Waals surface area (Å²) in [7, 11) is 3.15. The van der Waals surface area contributed by atoms with Gasteiger partial charge in [-0.3, -0.25) is 14.6 Å². The van der Waals surface area contributed by atoms with E-state index in [2.05, 4.69) is 0 Å². The fourth-order valence-electron chi connectivity index (χ4n) is 5.17. The quantitative estimate of drug-likeness (QED) is 0.345. The fourth-order valence-corrected chi connectivity index (χ4v) is 5.17. The minimum Gasteiger partial charge on any atom is -0.493 e. The van der Waals surface area contributed by atoms with Crippen LogP contribution in [0.15, 0.2) is 58.7 Å². The maximum absolute atomic E-state index is 14.3. The van der Waals surface area contributed by atoms with Crippen molar-refractivity contribution in [2.75, 3.05) is 20.8 Å². The van der Waals surface area contributed by atoms with E-state index >= 15 is 0 Å². The SMILES string of the molecule is CCCCOC(=O)C1C(C)=NC2=C(C(=O)C[C@@H](c3ccc(OC)c(OC)c3)C2)[C@@H]1c1cccc(F)c1. The maximum Gasteiger partial charge on any atom is 0.315 e. The normalized spacial score (nSPS) is 21.5. The molecule has 3 atom stereocenters. The van der Waals surface area contributed by atoms with Crippen LogP contribution in [0.2, 0.25) is 0 Å². The lowest BCUT2D eigenvalue weighted by molar-refractivity contribution is -0.146. The number of esters is 1. The second-order valence-corrected chi connectivity index (χ2v) is 9.29. The van der Waals surface area contributed by atoms with Crippen LogP contribution >= 0.6 is 0 Å². The van der Waals surface area contributed by atoms with Gasteiger partial charge in [0, 0.05) is 29.3 Å². The van der Waals surface area contributed by atoms with Gasteiger partial charge in [0.2, 0.25) is 0 Å². The molecule has 4 rings (SSSR count). The Kier molecular flexibility index (Phi) is 7.87. The van der Waals surface area contributed by atoms with E-state index in [1.165, 1.54) is 12.1 Å². The lowest BCUT2D eigenvalue weighted by atomic mass is 9.69. The molecule has 2 aromatic rings. The van der Waals surface area contributed by atoms with Gasteiger partial charge in [-0.05, 0) is 61.1 Å². The summed E-state index contributed by atoms with van der Waals surface area (Å²) in [6, 6.07) is 11.8. The Morgan fingerprint density at radius 1 is 1.06 bits per heavy atom. The second-order valence-electron chi connectivity index (χ2n) is 9.29. The van der Waals surface area contributed by atoms with E-state index in [-0.39, 0.29) is 18.1 Å². The standard InChI is InChI=1S/C29H32FNO5/c1-5-6-12-36-29(33)26-17(2)31-22-14-20(18-10-11-24(34-3)25(16-18)35-4)15-23(32)28(22)27(26)19-8-7-9-21(30)13-19/h7-11,13,16,20,26-27H,5-6,12,14-15H2,1-4H3/t20-,26?,27+/m0/s1. The van der Waals surface area contributed by atoms with Gasteiger partial charge in [-0.1, -0.05) is 31.5 Å². The van der Waals surface area contributed by atoms with Crippen LogP contribution in [0.1, 0.15) is 62.5 Å². The molecule has 0 saturated heterocycles. The van der Waals surface area contributed by atoms with E-state index in [4.69, 9.17) is 19.2 Å². The molecule has 2 aromatic carbocycles. The van der Waals surface area contributed by atoms with Crippen LogP contribution in [0.3, 0.4) is 0 Å². The summed E-state index contributed by atoms with van der Waals surface area (Å²) >= 11 is 0. The van der Waals surface area contributed by atoms with Crippen LogP contribution in [-0.4, -0.2) is 38.3 Å². The predicted molar refractivity (Wildman–Crippen MR) is 135 cm³/mol. The molecule has 6 nitrogen and oxygen atoms in total. The third-order valence-electron chi connectivity index (χ3n) is 6.97. The first-order valence-electron chi connectivity index (χ1n) is 12.3. The Morgan fingerprint density at radius 2 is 1.83 bits per heavy atom. The number of carbonyl (C=O) groups is 2. The van der Waals surface area contributed by atoms with Crippen LogP contribution < -0.4 is 9.47 Å². The molecule has 2 aliphatic rings. The topological polar surface area (TPSA) is 74.2 Å². The zero-order valence-corrected chi connectivity index (χ0v) is 21.2. The van der Waals surface area contributed by atoms with E-state index in [9.17, 15) is 14.0 Å². The molecular formula is C29H32FNO5. The van der Waals surface area contributed by atoms with Crippen molar-refractivity contribution >= 4 is 17.5 Å². The average Bonchev–Trinajstić information content (AvgIpc) is 2.87. The van der Waals surface area contributed by atoms with E-state index < -0.39 is 23.6 Å². The number of ether oxygens (including phenoxy) is 3. The highest BCUT2D eigenvalue weighted by molar-refractivity contribution is 6.09. The number of rotatable bonds is 8. The lowest BCUT2D eigenvalue weighted by Gasteiger charge is -2.36. The molecule has 0 fully saturated rings. The highest BCUT2D eigenvalue weighted by Crippen LogP contribution is 2.47. The van der Waals surface area contributed by atoms with Crippen molar-refractivity contribution in [3.05, 3.63) is 70.7 Å². The largest absolute Gasteiger partial charge is 0.493 e. The zero-order valence-electron chi connectivity index (χ0n) is 21.2. The summed E-state index contributed by atoms with van der Waals surface area (Å²) in [5, 5.41) is 0. The number of aliphatic imine (C=N–C) groups is 1. The number of methoxy groups -OCH3 is 2. The third kappa shape index (κ3) is 5.06. The van der Waals surface area contributed by atoms with Crippen LogP contribution in [0.5, 0.6) is 11.5 Å². The summed E-state index contributed by atoms with van der Waals surface area (Å²) in [4.78, 5) is 31.6. The molecule has 0 bridgehead atoms. The van der Waals surface area contributed by atoms with Crippen molar-refractivity contribution in [1.82, 2.24) is 0 Å². The number of Topliss-reactive ketones (excluding diaryl/α,β-unsaturated/α-hetero) is 1. The Morgan fingerprint density at radius 3 is 2.53 bits per heavy atom. The number of ketones is 1. The molecule has 36 heavy (non-hydrogen) atoms. The highest BCUT2D eigenvalue weighted by atomic mass is 19.1. The number of unbranched alkanes of at least 4 members (excludes halogenated alkanes) is 1. The molecule has 0 amide bonds. The van der Waals surface area contributed by atoms with Gasteiger partial charge >= 0.3 is 5.97 Å². The van der Waals surface area contributed by atoms with Crippen molar-refractivity contribution in [3.63, 3.8) is 0 Å². The Balaban J connectivity index is 1.74. The average molecular weight is 494 g/mol. The number of hydrogen-bond acceptors (Lipinski definition) is 6. The van der Waals surface area contributed by atoms with Gasteiger partial charge in [-0.15, -0.1) is 0 Å². The van der Waals surface area contributed by atoms with Crippen LogP contribution in [0, 0.1) is 11.7 Å². The van der Waals surface area contributed by atoms with Gasteiger partial charge in [-0.25, -0.2) is 4.39 Å². The van der Waals surface area contributed by atoms with Gasteiger partial charge in [0.25, 0.3) is 0 Å². The first-order valence-corrected chi connectivity index (χ1v) is 12.3. The van der Waals surface area contributed by atoms with E-state index in [0.29, 0.717) is 47.1 Å². The zero-order chi connectivity index (χ0) is 25.8. The van der Waals surface area contributed by atoms with Gasteiger partial charge in [0.15, 0.2) is 17.3 Å². The molecule has 0 N–H and O–H groups in total. The summed E-state index contributed by atoms with van der Waals surface area (Å²) < 4.78 is 30.6. The van der Waals surface area contributed by atoms with Crippen LogP contribution in [0.25, 0.3) is 0 Å². The number of halogens is 1. The van der Waals surface area contributed by atoms with Crippen LogP contribution in [-0.2, 0) is 14.3 Å². The van der Waals surface area contributed by atoms with Gasteiger partial charge in [0.05, 0.1) is 20.8 Å². The maximum atomic E-state index is 14.3. The predicted octanol–water partition coefficient (Wildman–Crippen LogP) is 5.76. The van der Waals surface area contributed by atoms with Gasteiger partial charge in [-0.2, -0.15) is 0 Å². The number of nitrogens with zero attached hydrogens (tertiary/aromatic N) is 1. The summed E-state index contributed by atoms with van der Waals surface area (Å²) in [5.74, 6) is -1.24. The van der Waals surface area contributed by atoms with Crippen molar-refractivity contribution in [2.24, 2.45) is 10.9 Å². The van der Waals surface area contributed by atoms with E-state index in [0.717, 1.165) is 18.4 Å². The third-order valence-corrected chi connectivity index (χ3v) is 6.97. The van der Waals surface area contributed by atoms with Gasteiger partial charge < -0.3 is 14.2 Å². The minimum atomic E-state index is -0.774. The minimum absolute atomic E-state index is 0.0899. The van der Waals surface area contributed by atoms with Crippen molar-refractivity contribution in [3.8, 4) is 11.5 Å². The molecule has 1 aliphatic heterocycles. The molecule has 0 aromatic heterocycles. The summed E-state index contributed by atoms with van der Waals surface area (Å²) in [6.07, 6.45) is 2.42. The van der Waals surface area contributed by atoms with Gasteiger partial charge in [0.1, 0.15) is 11.7 Å². The smallest absolute Gasteiger partial charge is 0.315 e. The van der Waals surface area contributed by atoms with E-state index in [1.807, 2.05) is 25.1 Å². The number of carbonyl (C=O) groups excluding carboxylic acids is 2. The molecule has 0 spiro atoms. The van der Waals surface area contributed by atoms with E-state index in [1.54, 1.807) is 33.3 Å². The number of hydrogen-bond donors (Lipinski definition) is 0. The molecule has 0 radical (unpaired) electrons. The first kappa shape index (κ1) is 25.6. The van der Waals surface area contributed by atoms with Crippen molar-refractivity contribution in [2.45, 2.75) is 51.4 Å². The monoisotopic (exact) mass is 493 g/mol. The summed E-state index contributed by atoms with van der Waals surface area (Å²) in [6.45, 7) is 4.10. The molecule has 7 heteroatoms. The molecule has 190 valence electrons. The fraction of sp³-hybridized carbons (Fsp3) is 0.414. The van der Waals surface area contributed by atoms with Crippen LogP contribution in [0.4, 0.5) is 4.39 Å². The molecular weight excluding hydrogens is 461 g/mol. The second kappa shape index (κ2) is 11.1. The first-order chi connectivity index (χ1) is 17.4. The Labute approximate surface area is 211 Å². The molecule has 1 heterocycles. The Hall–Kier alpha value is -3.48. The molecule has 0 saturated carbocycles. The summed E-state index contributed by atoms with van der Waals surface area (Å²) in [5.41, 5.74) is 3.23. The number of allylic oxidation sites excluding steroid dienone is 2. The highest BCUT2D eigenvalue weighted by Gasteiger charge is 2.45. The van der Waals surface area contributed by atoms with Crippen molar-refractivity contribution in [1.29, 1.82) is 0 Å².